The van der Waals surface area contributed by atoms with Gasteiger partial charge in [0.15, 0.2) is 5.82 Å². The molecule has 2 N–H and O–H groups in total. The lowest BCUT2D eigenvalue weighted by molar-refractivity contribution is 0.373. The molecule has 0 amide bonds. The molecule has 23 heavy (non-hydrogen) atoms. The van der Waals surface area contributed by atoms with Crippen LogP contribution in [0.1, 0.15) is 37.1 Å². The predicted octanol–water partition coefficient (Wildman–Crippen LogP) is 4.50. The van der Waals surface area contributed by atoms with Gasteiger partial charge in [-0.2, -0.15) is 4.98 Å². The third-order valence-electron chi connectivity index (χ3n) is 4.59. The lowest BCUT2D eigenvalue weighted by atomic mass is 9.99. The second kappa shape index (κ2) is 5.58. The molecule has 0 saturated heterocycles. The third kappa shape index (κ3) is 2.60. The van der Waals surface area contributed by atoms with Crippen molar-refractivity contribution in [2.75, 3.05) is 0 Å². The van der Waals surface area contributed by atoms with Crippen molar-refractivity contribution in [3.63, 3.8) is 0 Å². The Balaban J connectivity index is 1.71. The maximum absolute atomic E-state index is 6.43. The van der Waals surface area contributed by atoms with E-state index >= 15 is 0 Å². The largest absolute Gasteiger partial charge is 0.333 e. The highest BCUT2D eigenvalue weighted by Gasteiger charge is 2.36. The van der Waals surface area contributed by atoms with Crippen LogP contribution in [-0.4, -0.2) is 10.1 Å². The van der Waals surface area contributed by atoms with Crippen LogP contribution in [0.25, 0.3) is 21.9 Å². The smallest absolute Gasteiger partial charge is 0.268 e. The van der Waals surface area contributed by atoms with Crippen molar-refractivity contribution in [1.29, 1.82) is 0 Å². The first kappa shape index (κ1) is 14.6. The zero-order valence-corrected chi connectivity index (χ0v) is 13.9. The van der Waals surface area contributed by atoms with E-state index in [9.17, 15) is 0 Å². The minimum Gasteiger partial charge on any atom is -0.333 e. The molecular weight excluding hydrogens is 306 g/mol. The molecular formula is C18H19N3OS. The number of rotatable bonds is 3. The van der Waals surface area contributed by atoms with E-state index in [0.29, 0.717) is 11.7 Å². The Morgan fingerprint density at radius 3 is 2.61 bits per heavy atom. The zero-order chi connectivity index (χ0) is 15.9. The Labute approximate surface area is 139 Å². The average Bonchev–Trinajstić information content (AvgIpc) is 3.27. The van der Waals surface area contributed by atoms with E-state index in [1.165, 1.54) is 5.56 Å². The number of aryl methyl sites for hydroxylation is 1. The Bertz CT molecular complexity index is 813. The summed E-state index contributed by atoms with van der Waals surface area (Å²) >= 11 is 1.62. The number of benzene rings is 1. The van der Waals surface area contributed by atoms with Crippen molar-refractivity contribution in [3.05, 3.63) is 47.1 Å². The van der Waals surface area contributed by atoms with Crippen molar-refractivity contribution in [2.45, 2.75) is 38.1 Å². The van der Waals surface area contributed by atoms with Crippen LogP contribution >= 0.6 is 11.3 Å². The van der Waals surface area contributed by atoms with Gasteiger partial charge in [0.1, 0.15) is 4.88 Å². The molecule has 2 heterocycles. The third-order valence-corrected chi connectivity index (χ3v) is 5.49. The van der Waals surface area contributed by atoms with Crippen molar-refractivity contribution in [2.24, 2.45) is 5.73 Å². The van der Waals surface area contributed by atoms with Gasteiger partial charge in [-0.15, -0.1) is 11.3 Å². The van der Waals surface area contributed by atoms with Crippen molar-refractivity contribution >= 4 is 11.3 Å². The van der Waals surface area contributed by atoms with Gasteiger partial charge in [0.25, 0.3) is 5.89 Å². The molecule has 1 aliphatic rings. The molecule has 2 aromatic heterocycles. The maximum Gasteiger partial charge on any atom is 0.268 e. The fourth-order valence-corrected chi connectivity index (χ4v) is 4.02. The quantitative estimate of drug-likeness (QED) is 0.770. The number of hydrogen-bond acceptors (Lipinski definition) is 5. The highest BCUT2D eigenvalue weighted by Crippen LogP contribution is 2.39. The molecule has 0 radical (unpaired) electrons. The number of aromatic nitrogens is 2. The van der Waals surface area contributed by atoms with Crippen LogP contribution in [0.15, 0.2) is 40.2 Å². The lowest BCUT2D eigenvalue weighted by Gasteiger charge is -2.17. The first-order valence-corrected chi connectivity index (χ1v) is 8.82. The van der Waals surface area contributed by atoms with Crippen LogP contribution in [0.3, 0.4) is 0 Å². The topological polar surface area (TPSA) is 64.9 Å². The van der Waals surface area contributed by atoms with Gasteiger partial charge < -0.3 is 10.3 Å². The first-order valence-electron chi connectivity index (χ1n) is 7.94. The van der Waals surface area contributed by atoms with E-state index in [2.05, 4.69) is 52.8 Å². The van der Waals surface area contributed by atoms with E-state index in [1.807, 2.05) is 0 Å². The standard InChI is InChI=1S/C18H19N3OS/c1-12-4-6-13(7-5-12)14-8-11-23-15(14)16-20-17(21-22-16)18(19)9-2-3-10-18/h4-8,11H,2-3,9-10,19H2,1H3. The number of hydrogen-bond donors (Lipinski definition) is 1. The average molecular weight is 325 g/mol. The van der Waals surface area contributed by atoms with Gasteiger partial charge in [0.2, 0.25) is 0 Å². The molecule has 5 heteroatoms. The fourth-order valence-electron chi connectivity index (χ4n) is 3.18. The molecule has 4 nitrogen and oxygen atoms in total. The molecule has 1 aromatic carbocycles. The molecule has 0 bridgehead atoms. The summed E-state index contributed by atoms with van der Waals surface area (Å²) in [6.07, 6.45) is 4.13. The van der Waals surface area contributed by atoms with Crippen LogP contribution in [0, 0.1) is 6.92 Å². The Morgan fingerprint density at radius 2 is 1.87 bits per heavy atom. The van der Waals surface area contributed by atoms with Gasteiger partial charge in [-0.3, -0.25) is 0 Å². The van der Waals surface area contributed by atoms with Gasteiger partial charge in [0, 0.05) is 5.56 Å². The minimum absolute atomic E-state index is 0.414. The molecule has 118 valence electrons. The first-order chi connectivity index (χ1) is 11.2. The van der Waals surface area contributed by atoms with E-state index in [4.69, 9.17) is 10.3 Å². The highest BCUT2D eigenvalue weighted by atomic mass is 32.1. The SMILES string of the molecule is Cc1ccc(-c2ccsc2-c2nc(C3(N)CCCC3)no2)cc1. The fraction of sp³-hybridized carbons (Fsp3) is 0.333. The van der Waals surface area contributed by atoms with Crippen molar-refractivity contribution in [1.82, 2.24) is 10.1 Å². The van der Waals surface area contributed by atoms with E-state index in [1.54, 1.807) is 11.3 Å². The molecule has 1 aliphatic carbocycles. The Morgan fingerprint density at radius 1 is 1.13 bits per heavy atom. The van der Waals surface area contributed by atoms with Gasteiger partial charge in [0.05, 0.1) is 5.54 Å². The van der Waals surface area contributed by atoms with Crippen LogP contribution < -0.4 is 5.73 Å². The summed E-state index contributed by atoms with van der Waals surface area (Å²) in [6.45, 7) is 2.09. The maximum atomic E-state index is 6.43. The van der Waals surface area contributed by atoms with Crippen LogP contribution in [0.4, 0.5) is 0 Å². The van der Waals surface area contributed by atoms with E-state index in [0.717, 1.165) is 41.7 Å². The van der Waals surface area contributed by atoms with Gasteiger partial charge in [-0.05, 0) is 36.8 Å². The molecule has 1 fully saturated rings. The Hall–Kier alpha value is -1.98. The normalized spacial score (nSPS) is 16.8. The van der Waals surface area contributed by atoms with Crippen molar-refractivity contribution < 1.29 is 4.52 Å². The van der Waals surface area contributed by atoms with Crippen LogP contribution in [0.2, 0.25) is 0 Å². The number of nitrogens with zero attached hydrogens (tertiary/aromatic N) is 2. The molecule has 0 aliphatic heterocycles. The molecule has 0 atom stereocenters. The molecule has 0 unspecified atom stereocenters. The molecule has 3 aromatic rings. The van der Waals surface area contributed by atoms with Gasteiger partial charge in [-0.25, -0.2) is 0 Å². The minimum atomic E-state index is -0.414. The molecule has 4 rings (SSSR count). The highest BCUT2D eigenvalue weighted by molar-refractivity contribution is 7.14. The second-order valence-electron chi connectivity index (χ2n) is 6.32. The second-order valence-corrected chi connectivity index (χ2v) is 7.23. The van der Waals surface area contributed by atoms with Crippen LogP contribution in [0.5, 0.6) is 0 Å². The van der Waals surface area contributed by atoms with E-state index in [-0.39, 0.29) is 0 Å². The predicted molar refractivity (Wildman–Crippen MR) is 92.1 cm³/mol. The monoisotopic (exact) mass is 325 g/mol. The summed E-state index contributed by atoms with van der Waals surface area (Å²) in [5.41, 5.74) is 9.55. The summed E-state index contributed by atoms with van der Waals surface area (Å²) < 4.78 is 5.54. The Kier molecular flexibility index (Phi) is 3.54. The molecule has 1 saturated carbocycles. The number of nitrogens with two attached hydrogens (primary N) is 1. The van der Waals surface area contributed by atoms with Crippen LogP contribution in [-0.2, 0) is 5.54 Å². The van der Waals surface area contributed by atoms with Gasteiger partial charge >= 0.3 is 0 Å². The summed E-state index contributed by atoms with van der Waals surface area (Å²) in [6, 6.07) is 10.6. The summed E-state index contributed by atoms with van der Waals surface area (Å²) in [7, 11) is 0. The lowest BCUT2D eigenvalue weighted by Crippen LogP contribution is -2.34. The van der Waals surface area contributed by atoms with Gasteiger partial charge in [-0.1, -0.05) is 47.8 Å². The summed E-state index contributed by atoms with van der Waals surface area (Å²) in [5.74, 6) is 1.22. The summed E-state index contributed by atoms with van der Waals surface area (Å²) in [4.78, 5) is 5.63. The summed E-state index contributed by atoms with van der Waals surface area (Å²) in [5, 5.41) is 6.23. The number of thiophene rings is 1. The van der Waals surface area contributed by atoms with Crippen molar-refractivity contribution in [3.8, 4) is 21.9 Å². The van der Waals surface area contributed by atoms with E-state index < -0.39 is 5.54 Å². The zero-order valence-electron chi connectivity index (χ0n) is 13.1. The molecule has 0 spiro atoms.